The third-order valence-corrected chi connectivity index (χ3v) is 4.69. The summed E-state index contributed by atoms with van der Waals surface area (Å²) < 4.78 is 0. The lowest BCUT2D eigenvalue weighted by molar-refractivity contribution is -0.130. The number of thioether (sulfide) groups is 1. The minimum absolute atomic E-state index is 0.0598. The average Bonchev–Trinajstić information content (AvgIpc) is 2.47. The minimum Gasteiger partial charge on any atom is -0.342 e. The monoisotopic (exact) mass is 320 g/mol. The molecule has 4 nitrogen and oxygen atoms in total. The third-order valence-electron chi connectivity index (χ3n) is 3.77. The summed E-state index contributed by atoms with van der Waals surface area (Å²) in [4.78, 5) is 25.9. The maximum Gasteiger partial charge on any atom is 0.234 e. The zero-order valence-electron chi connectivity index (χ0n) is 13.3. The highest BCUT2D eigenvalue weighted by Crippen LogP contribution is 2.17. The predicted octanol–water partition coefficient (Wildman–Crippen LogP) is 2.93. The molecule has 0 saturated carbocycles. The van der Waals surface area contributed by atoms with Gasteiger partial charge in [-0.15, -0.1) is 11.8 Å². The van der Waals surface area contributed by atoms with Gasteiger partial charge in [-0.05, 0) is 43.4 Å². The van der Waals surface area contributed by atoms with Gasteiger partial charge in [-0.3, -0.25) is 9.59 Å². The quantitative estimate of drug-likeness (QED) is 0.907. The van der Waals surface area contributed by atoms with Crippen LogP contribution in [0.25, 0.3) is 0 Å². The molecule has 0 radical (unpaired) electrons. The first kappa shape index (κ1) is 16.9. The fraction of sp³-hybridized carbons (Fsp3) is 0.529. The molecule has 1 heterocycles. The van der Waals surface area contributed by atoms with Gasteiger partial charge < -0.3 is 10.2 Å². The molecule has 1 saturated heterocycles. The van der Waals surface area contributed by atoms with Gasteiger partial charge in [0.25, 0.3) is 0 Å². The molecule has 1 fully saturated rings. The number of anilines is 1. The maximum absolute atomic E-state index is 12.1. The van der Waals surface area contributed by atoms with Gasteiger partial charge in [-0.2, -0.15) is 0 Å². The zero-order valence-corrected chi connectivity index (χ0v) is 14.1. The number of rotatable bonds is 5. The molecular weight excluding hydrogens is 296 g/mol. The van der Waals surface area contributed by atoms with Gasteiger partial charge in [0.05, 0.1) is 11.5 Å². The molecule has 2 rings (SSSR count). The summed E-state index contributed by atoms with van der Waals surface area (Å²) in [6.07, 6.45) is 2.29. The van der Waals surface area contributed by atoms with Crippen molar-refractivity contribution in [2.24, 2.45) is 5.92 Å². The summed E-state index contributed by atoms with van der Waals surface area (Å²) in [5, 5.41) is 2.86. The Balaban J connectivity index is 1.69. The zero-order chi connectivity index (χ0) is 15.9. The van der Waals surface area contributed by atoms with Crippen molar-refractivity contribution in [1.29, 1.82) is 0 Å². The lowest BCUT2D eigenvalue weighted by Crippen LogP contribution is -2.40. The molecule has 1 N–H and O–H groups in total. The van der Waals surface area contributed by atoms with E-state index >= 15 is 0 Å². The van der Waals surface area contributed by atoms with Gasteiger partial charge in [0.1, 0.15) is 0 Å². The van der Waals surface area contributed by atoms with E-state index in [0.717, 1.165) is 30.8 Å². The van der Waals surface area contributed by atoms with Gasteiger partial charge in [-0.1, -0.05) is 19.1 Å². The average molecular weight is 320 g/mol. The molecule has 0 bridgehead atoms. The second kappa shape index (κ2) is 8.22. The second-order valence-electron chi connectivity index (χ2n) is 6.00. The summed E-state index contributed by atoms with van der Waals surface area (Å²) >= 11 is 1.38. The molecular formula is C17H24N2O2S. The summed E-state index contributed by atoms with van der Waals surface area (Å²) in [5.74, 6) is 1.37. The van der Waals surface area contributed by atoms with Crippen LogP contribution in [0.3, 0.4) is 0 Å². The first-order valence-electron chi connectivity index (χ1n) is 7.76. The third kappa shape index (κ3) is 5.37. The molecule has 1 aliphatic rings. The number of hydrogen-bond donors (Lipinski definition) is 1. The molecule has 1 aliphatic heterocycles. The first-order chi connectivity index (χ1) is 10.5. The van der Waals surface area contributed by atoms with E-state index in [0.29, 0.717) is 17.4 Å². The number of amides is 2. The smallest absolute Gasteiger partial charge is 0.234 e. The van der Waals surface area contributed by atoms with Crippen LogP contribution in [0.15, 0.2) is 24.3 Å². The Kier molecular flexibility index (Phi) is 6.31. The number of carbonyl (C=O) groups excluding carboxylic acids is 2. The maximum atomic E-state index is 12.1. The molecule has 0 aliphatic carbocycles. The van der Waals surface area contributed by atoms with Gasteiger partial charge in [0, 0.05) is 18.8 Å². The van der Waals surface area contributed by atoms with Crippen molar-refractivity contribution in [3.05, 3.63) is 29.8 Å². The van der Waals surface area contributed by atoms with Crippen LogP contribution in [0, 0.1) is 12.8 Å². The number of piperidine rings is 1. The van der Waals surface area contributed by atoms with Crippen molar-refractivity contribution in [2.45, 2.75) is 26.7 Å². The Morgan fingerprint density at radius 1 is 1.36 bits per heavy atom. The minimum atomic E-state index is -0.0598. The van der Waals surface area contributed by atoms with Crippen molar-refractivity contribution >= 4 is 29.3 Å². The normalized spacial score (nSPS) is 18.1. The number of likely N-dealkylation sites (tertiary alicyclic amines) is 1. The fourth-order valence-corrected chi connectivity index (χ4v) is 3.37. The number of benzene rings is 1. The number of nitrogens with one attached hydrogen (secondary N) is 1. The van der Waals surface area contributed by atoms with Crippen LogP contribution in [-0.4, -0.2) is 41.3 Å². The van der Waals surface area contributed by atoms with Crippen LogP contribution in [0.4, 0.5) is 5.69 Å². The van der Waals surface area contributed by atoms with E-state index in [1.807, 2.05) is 36.1 Å². The Morgan fingerprint density at radius 2 is 2.18 bits per heavy atom. The van der Waals surface area contributed by atoms with Crippen LogP contribution >= 0.6 is 11.8 Å². The molecule has 1 aromatic carbocycles. The van der Waals surface area contributed by atoms with Crippen LogP contribution in [0.1, 0.15) is 25.3 Å². The van der Waals surface area contributed by atoms with E-state index < -0.39 is 0 Å². The number of aryl methyl sites for hydroxylation is 1. The van der Waals surface area contributed by atoms with E-state index in [-0.39, 0.29) is 11.8 Å². The summed E-state index contributed by atoms with van der Waals surface area (Å²) in [5.41, 5.74) is 1.92. The van der Waals surface area contributed by atoms with Crippen molar-refractivity contribution < 1.29 is 9.59 Å². The van der Waals surface area contributed by atoms with Gasteiger partial charge in [0.2, 0.25) is 11.8 Å². The van der Waals surface area contributed by atoms with Gasteiger partial charge in [-0.25, -0.2) is 0 Å². The predicted molar refractivity (Wildman–Crippen MR) is 92.1 cm³/mol. The van der Waals surface area contributed by atoms with Crippen molar-refractivity contribution in [2.75, 3.05) is 29.9 Å². The summed E-state index contributed by atoms with van der Waals surface area (Å²) in [7, 11) is 0. The lowest BCUT2D eigenvalue weighted by atomic mass is 10.0. The largest absolute Gasteiger partial charge is 0.342 e. The van der Waals surface area contributed by atoms with Crippen molar-refractivity contribution in [3.8, 4) is 0 Å². The molecule has 1 atom stereocenters. The molecule has 0 spiro atoms. The molecule has 1 aromatic rings. The van der Waals surface area contributed by atoms with E-state index in [9.17, 15) is 9.59 Å². The van der Waals surface area contributed by atoms with E-state index in [1.165, 1.54) is 18.2 Å². The number of carbonyl (C=O) groups is 2. The van der Waals surface area contributed by atoms with Gasteiger partial charge >= 0.3 is 0 Å². The first-order valence-corrected chi connectivity index (χ1v) is 8.92. The molecule has 1 unspecified atom stereocenters. The highest BCUT2D eigenvalue weighted by atomic mass is 32.2. The SMILES string of the molecule is Cc1cccc(NC(=O)CSCC(=O)N2CCCC(C)C2)c1. The summed E-state index contributed by atoms with van der Waals surface area (Å²) in [6.45, 7) is 5.89. The topological polar surface area (TPSA) is 49.4 Å². The van der Waals surface area contributed by atoms with Crippen LogP contribution in [-0.2, 0) is 9.59 Å². The lowest BCUT2D eigenvalue weighted by Gasteiger charge is -2.30. The number of hydrogen-bond acceptors (Lipinski definition) is 3. The summed E-state index contributed by atoms with van der Waals surface area (Å²) in [6, 6.07) is 7.71. The number of nitrogens with zero attached hydrogens (tertiary/aromatic N) is 1. The van der Waals surface area contributed by atoms with E-state index in [1.54, 1.807) is 0 Å². The Labute approximate surface area is 136 Å². The molecule has 0 aromatic heterocycles. The highest BCUT2D eigenvalue weighted by molar-refractivity contribution is 8.00. The molecule has 22 heavy (non-hydrogen) atoms. The highest BCUT2D eigenvalue weighted by Gasteiger charge is 2.20. The standard InChI is InChI=1S/C17H24N2O2S/c1-13-5-3-7-15(9-13)18-16(20)11-22-12-17(21)19-8-4-6-14(2)10-19/h3,5,7,9,14H,4,6,8,10-12H2,1-2H3,(H,18,20). The molecule has 5 heteroatoms. The molecule has 2 amide bonds. The fourth-order valence-electron chi connectivity index (χ4n) is 2.66. The van der Waals surface area contributed by atoms with E-state index in [2.05, 4.69) is 12.2 Å². The van der Waals surface area contributed by atoms with Crippen LogP contribution < -0.4 is 5.32 Å². The van der Waals surface area contributed by atoms with Crippen LogP contribution in [0.2, 0.25) is 0 Å². The Morgan fingerprint density at radius 3 is 2.91 bits per heavy atom. The Bertz CT molecular complexity index is 533. The van der Waals surface area contributed by atoms with Crippen molar-refractivity contribution in [1.82, 2.24) is 4.90 Å². The van der Waals surface area contributed by atoms with E-state index in [4.69, 9.17) is 0 Å². The Hall–Kier alpha value is -1.49. The van der Waals surface area contributed by atoms with Crippen LogP contribution in [0.5, 0.6) is 0 Å². The molecule has 120 valence electrons. The van der Waals surface area contributed by atoms with Gasteiger partial charge in [0.15, 0.2) is 0 Å². The second-order valence-corrected chi connectivity index (χ2v) is 6.98. The van der Waals surface area contributed by atoms with Crippen molar-refractivity contribution in [3.63, 3.8) is 0 Å².